The minimum Gasteiger partial charge on any atom is -0.278 e. The molecular weight excluding hydrogens is 297 g/mol. The molecule has 0 atom stereocenters. The Kier molecular flexibility index (Phi) is 4.80. The zero-order valence-electron chi connectivity index (χ0n) is 10.4. The third-order valence-corrected chi connectivity index (χ3v) is 3.96. The van der Waals surface area contributed by atoms with Crippen LogP contribution in [0, 0.1) is 5.41 Å². The van der Waals surface area contributed by atoms with Crippen molar-refractivity contribution < 1.29 is 8.42 Å². The smallest absolute Gasteiger partial charge is 0.232 e. The van der Waals surface area contributed by atoms with E-state index in [1.165, 1.54) is 0 Å². The second-order valence-corrected chi connectivity index (χ2v) is 7.62. The Hall–Kier alpha value is -0.590. The summed E-state index contributed by atoms with van der Waals surface area (Å²) >= 11 is 11.5. The number of halogens is 2. The van der Waals surface area contributed by atoms with Crippen LogP contribution in [-0.2, 0) is 10.0 Å². The predicted molar refractivity (Wildman–Crippen MR) is 73.5 cm³/mol. The van der Waals surface area contributed by atoms with Gasteiger partial charge in [-0.3, -0.25) is 4.72 Å². The van der Waals surface area contributed by atoms with E-state index in [4.69, 9.17) is 23.2 Å². The molecule has 0 aliphatic heterocycles. The van der Waals surface area contributed by atoms with Crippen molar-refractivity contribution in [1.82, 2.24) is 9.97 Å². The van der Waals surface area contributed by atoms with Crippen LogP contribution < -0.4 is 4.72 Å². The van der Waals surface area contributed by atoms with Crippen molar-refractivity contribution in [2.75, 3.05) is 10.5 Å². The standard InChI is InChI=1S/C10H15Cl2N3O2S/c1-10(2,3)4-5-18(16,17)15-7-8(11)13-6-14-9(7)12/h6,15H,4-5H2,1-3H3. The van der Waals surface area contributed by atoms with Crippen LogP contribution in [0.25, 0.3) is 0 Å². The third kappa shape index (κ3) is 4.96. The van der Waals surface area contributed by atoms with Crippen molar-refractivity contribution in [2.45, 2.75) is 27.2 Å². The van der Waals surface area contributed by atoms with Gasteiger partial charge < -0.3 is 0 Å². The maximum atomic E-state index is 11.9. The lowest BCUT2D eigenvalue weighted by molar-refractivity contribution is 0.397. The first-order valence-corrected chi connectivity index (χ1v) is 7.68. The van der Waals surface area contributed by atoms with E-state index in [2.05, 4.69) is 14.7 Å². The third-order valence-electron chi connectivity index (χ3n) is 2.13. The maximum absolute atomic E-state index is 11.9. The summed E-state index contributed by atoms with van der Waals surface area (Å²) in [5.74, 6) is -0.0158. The lowest BCUT2D eigenvalue weighted by Gasteiger charge is -2.18. The molecule has 0 fully saturated rings. The van der Waals surface area contributed by atoms with Gasteiger partial charge in [0.2, 0.25) is 10.0 Å². The van der Waals surface area contributed by atoms with Crippen LogP contribution >= 0.6 is 23.2 Å². The van der Waals surface area contributed by atoms with Crippen molar-refractivity contribution in [1.29, 1.82) is 0 Å². The van der Waals surface area contributed by atoms with Gasteiger partial charge in [-0.2, -0.15) is 0 Å². The Labute approximate surface area is 117 Å². The molecule has 18 heavy (non-hydrogen) atoms. The normalized spacial score (nSPS) is 12.5. The van der Waals surface area contributed by atoms with Gasteiger partial charge in [0.05, 0.1) is 5.75 Å². The fraction of sp³-hybridized carbons (Fsp3) is 0.600. The van der Waals surface area contributed by atoms with Crippen LogP contribution in [0.1, 0.15) is 27.2 Å². The number of sulfonamides is 1. The number of aromatic nitrogens is 2. The van der Waals surface area contributed by atoms with Crippen LogP contribution in [0.3, 0.4) is 0 Å². The molecule has 1 N–H and O–H groups in total. The second-order valence-electron chi connectivity index (χ2n) is 5.06. The zero-order chi connectivity index (χ0) is 14.0. The van der Waals surface area contributed by atoms with Gasteiger partial charge in [-0.05, 0) is 11.8 Å². The number of nitrogens with zero attached hydrogens (tertiary/aromatic N) is 2. The summed E-state index contributed by atoms with van der Waals surface area (Å²) in [6.45, 7) is 5.90. The van der Waals surface area contributed by atoms with Gasteiger partial charge in [0.25, 0.3) is 0 Å². The largest absolute Gasteiger partial charge is 0.278 e. The van der Waals surface area contributed by atoms with E-state index in [0.717, 1.165) is 6.33 Å². The summed E-state index contributed by atoms with van der Waals surface area (Å²) in [6.07, 6.45) is 1.68. The van der Waals surface area contributed by atoms with Crippen molar-refractivity contribution in [3.63, 3.8) is 0 Å². The molecule has 102 valence electrons. The first-order chi connectivity index (χ1) is 8.11. The molecule has 0 spiro atoms. The Morgan fingerprint density at radius 3 is 2.17 bits per heavy atom. The van der Waals surface area contributed by atoms with Gasteiger partial charge in [-0.15, -0.1) is 0 Å². The number of anilines is 1. The summed E-state index contributed by atoms with van der Waals surface area (Å²) in [7, 11) is -3.51. The number of hydrogen-bond donors (Lipinski definition) is 1. The first-order valence-electron chi connectivity index (χ1n) is 5.27. The molecule has 0 radical (unpaired) electrons. The van der Waals surface area contributed by atoms with E-state index in [0.29, 0.717) is 6.42 Å². The minimum absolute atomic E-state index is 0.0158. The summed E-state index contributed by atoms with van der Waals surface area (Å²) in [6, 6.07) is 0. The molecule has 5 nitrogen and oxygen atoms in total. The van der Waals surface area contributed by atoms with Gasteiger partial charge in [0.1, 0.15) is 12.0 Å². The summed E-state index contributed by atoms with van der Waals surface area (Å²) in [4.78, 5) is 7.35. The second kappa shape index (κ2) is 5.59. The summed E-state index contributed by atoms with van der Waals surface area (Å²) in [5, 5.41) is -0.0383. The average Bonchev–Trinajstić information content (AvgIpc) is 2.20. The van der Waals surface area contributed by atoms with Crippen molar-refractivity contribution in [2.24, 2.45) is 5.41 Å². The fourth-order valence-electron chi connectivity index (χ4n) is 1.08. The average molecular weight is 312 g/mol. The summed E-state index contributed by atoms with van der Waals surface area (Å²) < 4.78 is 26.0. The predicted octanol–water partition coefficient (Wildman–Crippen LogP) is 2.96. The van der Waals surface area contributed by atoms with Gasteiger partial charge >= 0.3 is 0 Å². The van der Waals surface area contributed by atoms with Crippen LogP contribution in [0.15, 0.2) is 6.33 Å². The highest BCUT2D eigenvalue weighted by atomic mass is 35.5. The van der Waals surface area contributed by atoms with Crippen LogP contribution in [0.5, 0.6) is 0 Å². The fourth-order valence-corrected chi connectivity index (χ4v) is 3.08. The molecule has 1 aromatic heterocycles. The molecule has 0 amide bonds. The number of rotatable bonds is 4. The quantitative estimate of drug-likeness (QED) is 0.868. The van der Waals surface area contributed by atoms with Crippen molar-refractivity contribution in [3.05, 3.63) is 16.6 Å². The zero-order valence-corrected chi connectivity index (χ0v) is 12.7. The molecule has 1 heterocycles. The Morgan fingerprint density at radius 2 is 1.72 bits per heavy atom. The molecule has 1 aromatic rings. The van der Waals surface area contributed by atoms with Gasteiger partial charge in [0.15, 0.2) is 10.3 Å². The van der Waals surface area contributed by atoms with Gasteiger partial charge in [-0.1, -0.05) is 44.0 Å². The van der Waals surface area contributed by atoms with Gasteiger partial charge in [0, 0.05) is 0 Å². The van der Waals surface area contributed by atoms with E-state index in [-0.39, 0.29) is 27.2 Å². The molecule has 1 rings (SSSR count). The van der Waals surface area contributed by atoms with E-state index >= 15 is 0 Å². The monoisotopic (exact) mass is 311 g/mol. The van der Waals surface area contributed by atoms with E-state index in [9.17, 15) is 8.42 Å². The first kappa shape index (κ1) is 15.5. The molecule has 0 saturated carbocycles. The molecule has 0 aromatic carbocycles. The topological polar surface area (TPSA) is 72.0 Å². The highest BCUT2D eigenvalue weighted by molar-refractivity contribution is 7.92. The lowest BCUT2D eigenvalue weighted by atomic mass is 9.94. The molecule has 0 aliphatic carbocycles. The lowest BCUT2D eigenvalue weighted by Crippen LogP contribution is -2.21. The summed E-state index contributed by atoms with van der Waals surface area (Å²) in [5.41, 5.74) is -0.0510. The minimum atomic E-state index is -3.51. The highest BCUT2D eigenvalue weighted by Crippen LogP contribution is 2.27. The highest BCUT2D eigenvalue weighted by Gasteiger charge is 2.20. The van der Waals surface area contributed by atoms with Crippen molar-refractivity contribution >= 4 is 38.9 Å². The van der Waals surface area contributed by atoms with Crippen molar-refractivity contribution in [3.8, 4) is 0 Å². The Bertz CT molecular complexity index is 506. The van der Waals surface area contributed by atoms with E-state index in [1.807, 2.05) is 20.8 Å². The SMILES string of the molecule is CC(C)(C)CCS(=O)(=O)Nc1c(Cl)ncnc1Cl. The molecule has 0 aliphatic rings. The van der Waals surface area contributed by atoms with Crippen LogP contribution in [0.2, 0.25) is 10.3 Å². The number of nitrogens with one attached hydrogen (secondary N) is 1. The van der Waals surface area contributed by atoms with Crippen LogP contribution in [-0.4, -0.2) is 24.1 Å². The van der Waals surface area contributed by atoms with E-state index < -0.39 is 10.0 Å². The van der Waals surface area contributed by atoms with Crippen LogP contribution in [0.4, 0.5) is 5.69 Å². The molecule has 8 heteroatoms. The van der Waals surface area contributed by atoms with E-state index in [1.54, 1.807) is 0 Å². The molecule has 0 bridgehead atoms. The Balaban J connectivity index is 2.84. The molecule has 0 unspecified atom stereocenters. The Morgan fingerprint density at radius 1 is 1.22 bits per heavy atom. The maximum Gasteiger partial charge on any atom is 0.232 e. The molecular formula is C10H15Cl2N3O2S. The number of hydrogen-bond acceptors (Lipinski definition) is 4. The molecule has 0 saturated heterocycles. The van der Waals surface area contributed by atoms with Gasteiger partial charge in [-0.25, -0.2) is 18.4 Å².